The van der Waals surface area contributed by atoms with E-state index in [1.165, 1.54) is 0 Å². The molecule has 0 amide bonds. The lowest BCUT2D eigenvalue weighted by molar-refractivity contribution is -0.390. The van der Waals surface area contributed by atoms with Gasteiger partial charge in [-0.25, -0.2) is 8.78 Å². The maximum absolute atomic E-state index is 12.7. The van der Waals surface area contributed by atoms with E-state index < -0.39 is 39.6 Å². The van der Waals surface area contributed by atoms with Gasteiger partial charge in [0.15, 0.2) is 11.6 Å². The Balaban J connectivity index is 3.68. The summed E-state index contributed by atoms with van der Waals surface area (Å²) in [5.74, 6) is -8.19. The summed E-state index contributed by atoms with van der Waals surface area (Å²) >= 11 is 0. The first kappa shape index (κ1) is 10.2. The zero-order chi connectivity index (χ0) is 11.0. The van der Waals surface area contributed by atoms with Gasteiger partial charge in [0.2, 0.25) is 11.6 Å². The van der Waals surface area contributed by atoms with E-state index in [1.807, 2.05) is 0 Å². The SMILES string of the molecule is Nc1c(F)c(F)c([N+](=O)[O-])c(F)c1F. The molecule has 76 valence electrons. The lowest BCUT2D eigenvalue weighted by Crippen LogP contribution is -2.07. The summed E-state index contributed by atoms with van der Waals surface area (Å²) in [5.41, 5.74) is 1.28. The average Bonchev–Trinajstić information content (AvgIpc) is 2.11. The second kappa shape index (κ2) is 3.13. The predicted molar refractivity (Wildman–Crippen MR) is 37.3 cm³/mol. The first-order valence-electron chi connectivity index (χ1n) is 3.13. The molecule has 8 heteroatoms. The molecule has 0 aromatic heterocycles. The topological polar surface area (TPSA) is 69.2 Å². The fourth-order valence-corrected chi connectivity index (χ4v) is 0.797. The van der Waals surface area contributed by atoms with Crippen molar-refractivity contribution in [2.45, 2.75) is 0 Å². The minimum absolute atomic E-state index is 1.43. The Bertz CT molecular complexity index is 392. The van der Waals surface area contributed by atoms with E-state index in [0.29, 0.717) is 0 Å². The van der Waals surface area contributed by atoms with Crippen molar-refractivity contribution in [3.8, 4) is 0 Å². The minimum atomic E-state index is -2.12. The van der Waals surface area contributed by atoms with Gasteiger partial charge in [0.25, 0.3) is 0 Å². The van der Waals surface area contributed by atoms with Gasteiger partial charge in [-0.15, -0.1) is 0 Å². The van der Waals surface area contributed by atoms with E-state index >= 15 is 0 Å². The Morgan fingerprint density at radius 1 is 1.00 bits per heavy atom. The number of hydrogen-bond acceptors (Lipinski definition) is 3. The first-order valence-corrected chi connectivity index (χ1v) is 3.13. The van der Waals surface area contributed by atoms with Crippen molar-refractivity contribution >= 4 is 11.4 Å². The molecule has 0 aliphatic carbocycles. The number of benzene rings is 1. The molecule has 0 radical (unpaired) electrons. The molecule has 0 bridgehead atoms. The largest absolute Gasteiger partial charge is 0.394 e. The van der Waals surface area contributed by atoms with Crippen LogP contribution < -0.4 is 5.73 Å². The Morgan fingerprint density at radius 3 is 1.64 bits per heavy atom. The number of rotatable bonds is 1. The molecule has 1 aromatic rings. The highest BCUT2D eigenvalue weighted by Gasteiger charge is 2.31. The third-order valence-corrected chi connectivity index (χ3v) is 1.46. The van der Waals surface area contributed by atoms with Crippen molar-refractivity contribution in [2.75, 3.05) is 5.73 Å². The number of nitro groups is 1. The average molecular weight is 210 g/mol. The van der Waals surface area contributed by atoms with E-state index in [1.54, 1.807) is 0 Å². The molecule has 2 N–H and O–H groups in total. The van der Waals surface area contributed by atoms with E-state index in [4.69, 9.17) is 0 Å². The van der Waals surface area contributed by atoms with Crippen molar-refractivity contribution in [3.05, 3.63) is 33.4 Å². The summed E-state index contributed by atoms with van der Waals surface area (Å²) in [6.45, 7) is 0. The van der Waals surface area contributed by atoms with E-state index in [9.17, 15) is 27.7 Å². The van der Waals surface area contributed by atoms with Crippen LogP contribution in [0.15, 0.2) is 0 Å². The number of halogens is 4. The fourth-order valence-electron chi connectivity index (χ4n) is 0.797. The van der Waals surface area contributed by atoms with Crippen molar-refractivity contribution in [1.29, 1.82) is 0 Å². The maximum Gasteiger partial charge on any atom is 0.346 e. The van der Waals surface area contributed by atoms with Gasteiger partial charge in [0.05, 0.1) is 4.92 Å². The molecule has 1 rings (SSSR count). The van der Waals surface area contributed by atoms with Crippen molar-refractivity contribution < 1.29 is 22.5 Å². The van der Waals surface area contributed by atoms with Crippen LogP contribution in [0.2, 0.25) is 0 Å². The summed E-state index contributed by atoms with van der Waals surface area (Å²) in [6, 6.07) is 0. The zero-order valence-corrected chi connectivity index (χ0v) is 6.35. The first-order chi connectivity index (χ1) is 6.37. The van der Waals surface area contributed by atoms with Crippen LogP contribution in [-0.2, 0) is 0 Å². The van der Waals surface area contributed by atoms with E-state index in [2.05, 4.69) is 5.73 Å². The number of nitro benzene ring substituents is 1. The Morgan fingerprint density at radius 2 is 1.36 bits per heavy atom. The quantitative estimate of drug-likeness (QED) is 0.252. The van der Waals surface area contributed by atoms with Gasteiger partial charge < -0.3 is 5.73 Å². The van der Waals surface area contributed by atoms with Gasteiger partial charge in [-0.1, -0.05) is 0 Å². The third-order valence-electron chi connectivity index (χ3n) is 1.46. The smallest absolute Gasteiger partial charge is 0.346 e. The van der Waals surface area contributed by atoms with Gasteiger partial charge in [0, 0.05) is 0 Å². The maximum atomic E-state index is 12.7. The summed E-state index contributed by atoms with van der Waals surface area (Å²) in [5, 5.41) is 10.0. The molecule has 0 saturated carbocycles. The van der Waals surface area contributed by atoms with Crippen LogP contribution in [0.4, 0.5) is 28.9 Å². The molecular formula is C6H2F4N2O2. The van der Waals surface area contributed by atoms with Crippen LogP contribution in [0.5, 0.6) is 0 Å². The second-order valence-corrected chi connectivity index (χ2v) is 2.28. The standard InChI is InChI=1S/C6H2F4N2O2/c7-1-3(9)6(12(13)14)4(10)2(8)5(1)11/h11H2. The summed E-state index contributed by atoms with van der Waals surface area (Å²) in [4.78, 5) is 8.44. The molecule has 0 fully saturated rings. The van der Waals surface area contributed by atoms with E-state index in [0.717, 1.165) is 0 Å². The van der Waals surface area contributed by atoms with Crippen LogP contribution in [0.1, 0.15) is 0 Å². The number of anilines is 1. The van der Waals surface area contributed by atoms with Crippen LogP contribution in [0, 0.1) is 33.4 Å². The number of nitrogens with zero attached hydrogens (tertiary/aromatic N) is 1. The summed E-state index contributed by atoms with van der Waals surface area (Å²) < 4.78 is 50.5. The van der Waals surface area contributed by atoms with Crippen LogP contribution in [0.25, 0.3) is 0 Å². The lowest BCUT2D eigenvalue weighted by Gasteiger charge is -2.02. The van der Waals surface area contributed by atoms with E-state index in [-0.39, 0.29) is 0 Å². The molecule has 0 heterocycles. The van der Waals surface area contributed by atoms with Gasteiger partial charge in [-0.2, -0.15) is 8.78 Å². The second-order valence-electron chi connectivity index (χ2n) is 2.28. The molecular weight excluding hydrogens is 208 g/mol. The van der Waals surface area contributed by atoms with Crippen LogP contribution >= 0.6 is 0 Å². The fraction of sp³-hybridized carbons (Fsp3) is 0. The predicted octanol–water partition coefficient (Wildman–Crippen LogP) is 1.73. The molecule has 1 aromatic carbocycles. The Labute approximate surface area is 74.1 Å². The summed E-state index contributed by atoms with van der Waals surface area (Å²) in [7, 11) is 0. The Hall–Kier alpha value is -1.86. The van der Waals surface area contributed by atoms with Crippen LogP contribution in [0.3, 0.4) is 0 Å². The molecule has 0 atom stereocenters. The highest BCUT2D eigenvalue weighted by molar-refractivity contribution is 5.50. The lowest BCUT2D eigenvalue weighted by atomic mass is 10.2. The zero-order valence-electron chi connectivity index (χ0n) is 6.35. The Kier molecular flexibility index (Phi) is 2.28. The minimum Gasteiger partial charge on any atom is -0.394 e. The van der Waals surface area contributed by atoms with Gasteiger partial charge in [-0.3, -0.25) is 10.1 Å². The van der Waals surface area contributed by atoms with Gasteiger partial charge >= 0.3 is 5.69 Å². The summed E-state index contributed by atoms with van der Waals surface area (Å²) in [6.07, 6.45) is 0. The normalized spacial score (nSPS) is 10.3. The highest BCUT2D eigenvalue weighted by atomic mass is 19.2. The molecule has 0 unspecified atom stereocenters. The molecule has 0 aliphatic heterocycles. The molecule has 0 spiro atoms. The van der Waals surface area contributed by atoms with Crippen molar-refractivity contribution in [3.63, 3.8) is 0 Å². The third kappa shape index (κ3) is 1.24. The molecule has 14 heavy (non-hydrogen) atoms. The van der Waals surface area contributed by atoms with Crippen molar-refractivity contribution in [2.24, 2.45) is 0 Å². The number of nitrogens with two attached hydrogens (primary N) is 1. The van der Waals surface area contributed by atoms with Crippen molar-refractivity contribution in [1.82, 2.24) is 0 Å². The van der Waals surface area contributed by atoms with Gasteiger partial charge in [0.1, 0.15) is 5.69 Å². The number of hydrogen-bond donors (Lipinski definition) is 1. The van der Waals surface area contributed by atoms with Gasteiger partial charge in [-0.05, 0) is 0 Å². The van der Waals surface area contributed by atoms with Crippen LogP contribution in [-0.4, -0.2) is 4.92 Å². The monoisotopic (exact) mass is 210 g/mol. The molecule has 0 aliphatic rings. The highest BCUT2D eigenvalue weighted by Crippen LogP contribution is 2.30. The molecule has 4 nitrogen and oxygen atoms in total. The number of nitrogen functional groups attached to an aromatic ring is 1. The molecule has 0 saturated heterocycles.